The Morgan fingerprint density at radius 2 is 2.05 bits per heavy atom. The highest BCUT2D eigenvalue weighted by Crippen LogP contribution is 2.19. The van der Waals surface area contributed by atoms with Crippen LogP contribution in [0.3, 0.4) is 0 Å². The minimum absolute atomic E-state index is 0.0178. The molecule has 1 atom stereocenters. The van der Waals surface area contributed by atoms with Gasteiger partial charge in [-0.15, -0.1) is 0 Å². The summed E-state index contributed by atoms with van der Waals surface area (Å²) in [5, 5.41) is 3.22. The summed E-state index contributed by atoms with van der Waals surface area (Å²) < 4.78 is 5.54. The van der Waals surface area contributed by atoms with Crippen molar-refractivity contribution in [3.05, 3.63) is 34.9 Å². The molecule has 0 radical (unpaired) electrons. The highest BCUT2D eigenvalue weighted by molar-refractivity contribution is 6.30. The van der Waals surface area contributed by atoms with E-state index in [1.165, 1.54) is 0 Å². The third kappa shape index (κ3) is 3.74. The molecule has 21 heavy (non-hydrogen) atoms. The van der Waals surface area contributed by atoms with Gasteiger partial charge in [0.2, 0.25) is 5.91 Å². The van der Waals surface area contributed by atoms with Gasteiger partial charge in [0.05, 0.1) is 19.6 Å². The Labute approximate surface area is 129 Å². The normalized spacial score (nSPS) is 22.0. The SMILES string of the molecule is CNC(=O)[C@]1(C)CN(C(=O)Cc2ccc(Cl)cc2)CCO1. The van der Waals surface area contributed by atoms with Crippen LogP contribution in [0, 0.1) is 0 Å². The first-order chi connectivity index (χ1) is 9.94. The highest BCUT2D eigenvalue weighted by Gasteiger charge is 2.40. The number of ether oxygens (including phenoxy) is 1. The number of nitrogens with zero attached hydrogens (tertiary/aromatic N) is 1. The van der Waals surface area contributed by atoms with Crippen molar-refractivity contribution in [1.82, 2.24) is 10.2 Å². The quantitative estimate of drug-likeness (QED) is 0.914. The van der Waals surface area contributed by atoms with Gasteiger partial charge >= 0.3 is 0 Å². The molecule has 1 aliphatic rings. The molecule has 6 heteroatoms. The molecular weight excluding hydrogens is 292 g/mol. The second kappa shape index (κ2) is 6.45. The molecule has 1 aromatic rings. The molecule has 1 aliphatic heterocycles. The van der Waals surface area contributed by atoms with Crippen molar-refractivity contribution in [3.8, 4) is 0 Å². The summed E-state index contributed by atoms with van der Waals surface area (Å²) in [7, 11) is 1.56. The van der Waals surface area contributed by atoms with Gasteiger partial charge in [0.1, 0.15) is 0 Å². The van der Waals surface area contributed by atoms with E-state index in [1.807, 2.05) is 12.1 Å². The molecule has 0 unspecified atom stereocenters. The molecule has 1 heterocycles. The zero-order chi connectivity index (χ0) is 15.5. The molecular formula is C15H19ClN2O3. The minimum Gasteiger partial charge on any atom is -0.362 e. The number of hydrogen-bond donors (Lipinski definition) is 1. The van der Waals surface area contributed by atoms with Gasteiger partial charge in [-0.3, -0.25) is 9.59 Å². The monoisotopic (exact) mass is 310 g/mol. The van der Waals surface area contributed by atoms with Crippen LogP contribution in [0.2, 0.25) is 5.02 Å². The van der Waals surface area contributed by atoms with Crippen molar-refractivity contribution in [2.75, 3.05) is 26.7 Å². The molecule has 0 bridgehead atoms. The highest BCUT2D eigenvalue weighted by atomic mass is 35.5. The molecule has 114 valence electrons. The van der Waals surface area contributed by atoms with E-state index in [-0.39, 0.29) is 18.4 Å². The van der Waals surface area contributed by atoms with Crippen molar-refractivity contribution < 1.29 is 14.3 Å². The summed E-state index contributed by atoms with van der Waals surface area (Å²) in [6, 6.07) is 7.19. The van der Waals surface area contributed by atoms with Crippen LogP contribution >= 0.6 is 11.6 Å². The number of carbonyl (C=O) groups excluding carboxylic acids is 2. The van der Waals surface area contributed by atoms with Crippen molar-refractivity contribution in [1.29, 1.82) is 0 Å². The maximum atomic E-state index is 12.4. The summed E-state index contributed by atoms with van der Waals surface area (Å²) >= 11 is 5.83. The van der Waals surface area contributed by atoms with Gasteiger partial charge in [0.25, 0.3) is 5.91 Å². The maximum Gasteiger partial charge on any atom is 0.253 e. The van der Waals surface area contributed by atoms with Gasteiger partial charge < -0.3 is 15.0 Å². The van der Waals surface area contributed by atoms with Gasteiger partial charge in [0.15, 0.2) is 5.60 Å². The number of carbonyl (C=O) groups is 2. The largest absolute Gasteiger partial charge is 0.362 e. The number of amides is 2. The molecule has 1 fully saturated rings. The first-order valence-corrected chi connectivity index (χ1v) is 7.21. The standard InChI is InChI=1S/C15H19ClN2O3/c1-15(14(20)17-2)10-18(7-8-21-15)13(19)9-11-3-5-12(16)6-4-11/h3-6H,7-10H2,1-2H3,(H,17,20)/t15-/m0/s1. The summed E-state index contributed by atoms with van der Waals surface area (Å²) in [6.07, 6.45) is 0.293. The molecule has 1 saturated heterocycles. The van der Waals surface area contributed by atoms with Gasteiger partial charge in [-0.2, -0.15) is 0 Å². The number of rotatable bonds is 3. The van der Waals surface area contributed by atoms with Crippen LogP contribution in [-0.4, -0.2) is 49.1 Å². The summed E-state index contributed by atoms with van der Waals surface area (Å²) in [5.41, 5.74) is -0.0830. The Morgan fingerprint density at radius 1 is 1.38 bits per heavy atom. The lowest BCUT2D eigenvalue weighted by Gasteiger charge is -2.39. The Kier molecular flexibility index (Phi) is 4.85. The van der Waals surface area contributed by atoms with E-state index in [9.17, 15) is 9.59 Å². The summed E-state index contributed by atoms with van der Waals surface area (Å²) in [4.78, 5) is 25.9. The average Bonchev–Trinajstić information content (AvgIpc) is 2.48. The predicted octanol–water partition coefficient (Wildman–Crippen LogP) is 1.25. The lowest BCUT2D eigenvalue weighted by molar-refractivity contribution is -0.162. The van der Waals surface area contributed by atoms with Crippen molar-refractivity contribution in [2.24, 2.45) is 0 Å². The van der Waals surface area contributed by atoms with E-state index in [0.717, 1.165) is 5.56 Å². The van der Waals surface area contributed by atoms with Gasteiger partial charge in [-0.25, -0.2) is 0 Å². The molecule has 0 aliphatic carbocycles. The van der Waals surface area contributed by atoms with Crippen LogP contribution in [0.1, 0.15) is 12.5 Å². The third-order valence-corrected chi connectivity index (χ3v) is 3.86. The Morgan fingerprint density at radius 3 is 2.67 bits per heavy atom. The van der Waals surface area contributed by atoms with E-state index in [0.29, 0.717) is 24.6 Å². The number of nitrogens with one attached hydrogen (secondary N) is 1. The predicted molar refractivity (Wildman–Crippen MR) is 80.2 cm³/mol. The number of benzene rings is 1. The topological polar surface area (TPSA) is 58.6 Å². The van der Waals surface area contributed by atoms with E-state index >= 15 is 0 Å². The average molecular weight is 311 g/mol. The maximum absolute atomic E-state index is 12.4. The molecule has 0 aromatic heterocycles. The van der Waals surface area contributed by atoms with Crippen LogP contribution in [0.4, 0.5) is 0 Å². The van der Waals surface area contributed by atoms with Crippen molar-refractivity contribution in [3.63, 3.8) is 0 Å². The van der Waals surface area contributed by atoms with E-state index in [1.54, 1.807) is 31.0 Å². The fourth-order valence-electron chi connectivity index (χ4n) is 2.37. The Bertz CT molecular complexity index is 532. The van der Waals surface area contributed by atoms with Gasteiger partial charge in [-0.1, -0.05) is 23.7 Å². The second-order valence-electron chi connectivity index (χ2n) is 5.28. The number of hydrogen-bond acceptors (Lipinski definition) is 3. The fraction of sp³-hybridized carbons (Fsp3) is 0.467. The minimum atomic E-state index is -0.983. The summed E-state index contributed by atoms with van der Waals surface area (Å²) in [6.45, 7) is 2.82. The van der Waals surface area contributed by atoms with E-state index < -0.39 is 5.60 Å². The lowest BCUT2D eigenvalue weighted by Crippen LogP contribution is -2.59. The van der Waals surface area contributed by atoms with E-state index in [2.05, 4.69) is 5.32 Å². The first kappa shape index (κ1) is 15.8. The molecule has 1 aromatic carbocycles. The van der Waals surface area contributed by atoms with Crippen LogP contribution < -0.4 is 5.32 Å². The molecule has 1 N–H and O–H groups in total. The zero-order valence-electron chi connectivity index (χ0n) is 12.2. The Hall–Kier alpha value is -1.59. The number of likely N-dealkylation sites (N-methyl/N-ethyl adjacent to an activating group) is 1. The molecule has 0 spiro atoms. The number of halogens is 1. The summed E-state index contributed by atoms with van der Waals surface area (Å²) in [5.74, 6) is -0.234. The number of morpholine rings is 1. The lowest BCUT2D eigenvalue weighted by atomic mass is 10.0. The van der Waals surface area contributed by atoms with Crippen molar-refractivity contribution in [2.45, 2.75) is 18.9 Å². The second-order valence-corrected chi connectivity index (χ2v) is 5.71. The molecule has 2 amide bonds. The van der Waals surface area contributed by atoms with Crippen LogP contribution in [0.25, 0.3) is 0 Å². The Balaban J connectivity index is 2.02. The van der Waals surface area contributed by atoms with Crippen LogP contribution in [0.5, 0.6) is 0 Å². The van der Waals surface area contributed by atoms with Crippen LogP contribution in [0.15, 0.2) is 24.3 Å². The fourth-order valence-corrected chi connectivity index (χ4v) is 2.50. The molecule has 0 saturated carbocycles. The molecule has 2 rings (SSSR count). The van der Waals surface area contributed by atoms with Crippen molar-refractivity contribution >= 4 is 23.4 Å². The van der Waals surface area contributed by atoms with E-state index in [4.69, 9.17) is 16.3 Å². The van der Waals surface area contributed by atoms with Crippen LogP contribution in [-0.2, 0) is 20.7 Å². The zero-order valence-corrected chi connectivity index (χ0v) is 12.9. The van der Waals surface area contributed by atoms with Gasteiger partial charge in [-0.05, 0) is 24.6 Å². The molecule has 5 nitrogen and oxygen atoms in total. The van der Waals surface area contributed by atoms with Gasteiger partial charge in [0, 0.05) is 18.6 Å². The third-order valence-electron chi connectivity index (χ3n) is 3.60. The first-order valence-electron chi connectivity index (χ1n) is 6.83. The smallest absolute Gasteiger partial charge is 0.253 e.